The number of aromatic nitrogens is 1. The molecule has 1 aliphatic heterocycles. The van der Waals surface area contributed by atoms with Crippen LogP contribution < -0.4 is 5.32 Å². The highest BCUT2D eigenvalue weighted by Gasteiger charge is 2.32. The van der Waals surface area contributed by atoms with Gasteiger partial charge in [0.1, 0.15) is 5.82 Å². The standard InChI is InChI=1S/C21H20FN3S/c1-15-7-2-5-10-18(15)23-21(26)25-14-13-24-12-6-11-19(24)20(25)16-8-3-4-9-17(16)22/h2-12,20H,13-14H2,1H3,(H,23,26)/t20-/m1/s1. The van der Waals surface area contributed by atoms with E-state index in [0.29, 0.717) is 10.7 Å². The molecule has 0 radical (unpaired) electrons. The monoisotopic (exact) mass is 365 g/mol. The van der Waals surface area contributed by atoms with Gasteiger partial charge in [-0.15, -0.1) is 0 Å². The van der Waals surface area contributed by atoms with Gasteiger partial charge >= 0.3 is 0 Å². The minimum atomic E-state index is -0.246. The highest BCUT2D eigenvalue weighted by Crippen LogP contribution is 2.34. The summed E-state index contributed by atoms with van der Waals surface area (Å²) in [6, 6.07) is 18.8. The number of benzene rings is 2. The Labute approximate surface area is 158 Å². The second-order valence-electron chi connectivity index (χ2n) is 6.49. The predicted molar refractivity (Wildman–Crippen MR) is 107 cm³/mol. The van der Waals surface area contributed by atoms with Gasteiger partial charge in [-0.25, -0.2) is 4.39 Å². The van der Waals surface area contributed by atoms with E-state index < -0.39 is 0 Å². The van der Waals surface area contributed by atoms with Gasteiger partial charge in [0, 0.05) is 36.2 Å². The van der Waals surface area contributed by atoms with Gasteiger partial charge in [-0.1, -0.05) is 36.4 Å². The molecule has 2 aromatic carbocycles. The molecule has 0 aliphatic carbocycles. The lowest BCUT2D eigenvalue weighted by atomic mass is 10.00. The summed E-state index contributed by atoms with van der Waals surface area (Å²) in [4.78, 5) is 2.08. The van der Waals surface area contributed by atoms with Gasteiger partial charge in [-0.3, -0.25) is 0 Å². The maximum Gasteiger partial charge on any atom is 0.174 e. The molecule has 26 heavy (non-hydrogen) atoms. The van der Waals surface area contributed by atoms with Crippen molar-refractivity contribution in [3.05, 3.63) is 89.5 Å². The Morgan fingerprint density at radius 3 is 2.62 bits per heavy atom. The van der Waals surface area contributed by atoms with Crippen molar-refractivity contribution in [2.24, 2.45) is 0 Å². The molecule has 0 saturated carbocycles. The molecule has 0 fully saturated rings. The van der Waals surface area contributed by atoms with Crippen LogP contribution in [0.15, 0.2) is 66.9 Å². The summed E-state index contributed by atoms with van der Waals surface area (Å²) in [5.74, 6) is -0.212. The number of aryl methyl sites for hydroxylation is 1. The number of fused-ring (bicyclic) bond motifs is 1. The lowest BCUT2D eigenvalue weighted by molar-refractivity contribution is 0.288. The Kier molecular flexibility index (Phi) is 4.47. The Bertz CT molecular complexity index is 950. The minimum absolute atomic E-state index is 0.212. The number of hydrogen-bond donors (Lipinski definition) is 1. The first-order valence-electron chi connectivity index (χ1n) is 8.68. The van der Waals surface area contributed by atoms with Crippen LogP contribution in [0.1, 0.15) is 22.9 Å². The maximum absolute atomic E-state index is 14.6. The third-order valence-electron chi connectivity index (χ3n) is 4.89. The van der Waals surface area contributed by atoms with Crippen LogP contribution in [-0.2, 0) is 6.54 Å². The zero-order valence-corrected chi connectivity index (χ0v) is 15.3. The maximum atomic E-state index is 14.6. The van der Waals surface area contributed by atoms with Crippen molar-refractivity contribution in [3.8, 4) is 0 Å². The molecule has 1 aliphatic rings. The molecule has 1 aromatic heterocycles. The van der Waals surface area contributed by atoms with Crippen molar-refractivity contribution in [2.45, 2.75) is 19.5 Å². The number of halogens is 1. The van der Waals surface area contributed by atoms with E-state index in [-0.39, 0.29) is 11.9 Å². The fraction of sp³-hybridized carbons (Fsp3) is 0.190. The summed E-state index contributed by atoms with van der Waals surface area (Å²) >= 11 is 5.72. The van der Waals surface area contributed by atoms with Crippen LogP contribution >= 0.6 is 12.2 Å². The van der Waals surface area contributed by atoms with E-state index >= 15 is 0 Å². The fourth-order valence-corrected chi connectivity index (χ4v) is 3.83. The highest BCUT2D eigenvalue weighted by atomic mass is 32.1. The van der Waals surface area contributed by atoms with E-state index in [1.807, 2.05) is 61.7 Å². The SMILES string of the molecule is Cc1ccccc1NC(=S)N1CCn2cccc2[C@H]1c1ccccc1F. The Balaban J connectivity index is 1.71. The van der Waals surface area contributed by atoms with Gasteiger partial charge < -0.3 is 14.8 Å². The number of anilines is 1. The summed E-state index contributed by atoms with van der Waals surface area (Å²) < 4.78 is 16.8. The molecule has 4 rings (SSSR count). The topological polar surface area (TPSA) is 20.2 Å². The average Bonchev–Trinajstić information content (AvgIpc) is 3.12. The summed E-state index contributed by atoms with van der Waals surface area (Å²) in [5.41, 5.74) is 3.79. The summed E-state index contributed by atoms with van der Waals surface area (Å²) in [6.45, 7) is 3.59. The number of para-hydroxylation sites is 1. The first kappa shape index (κ1) is 16.8. The van der Waals surface area contributed by atoms with Gasteiger partial charge in [-0.05, 0) is 49.0 Å². The summed E-state index contributed by atoms with van der Waals surface area (Å²) in [6.07, 6.45) is 2.04. The molecule has 3 aromatic rings. The molecule has 5 heteroatoms. The molecule has 1 N–H and O–H groups in total. The van der Waals surface area contributed by atoms with E-state index in [9.17, 15) is 4.39 Å². The molecule has 0 spiro atoms. The highest BCUT2D eigenvalue weighted by molar-refractivity contribution is 7.80. The third kappa shape index (κ3) is 2.99. The van der Waals surface area contributed by atoms with Crippen molar-refractivity contribution < 1.29 is 4.39 Å². The molecule has 0 unspecified atom stereocenters. The van der Waals surface area contributed by atoms with Crippen LogP contribution in [0, 0.1) is 12.7 Å². The van der Waals surface area contributed by atoms with Crippen LogP contribution in [0.25, 0.3) is 0 Å². The molecular weight excluding hydrogens is 345 g/mol. The Morgan fingerprint density at radius 1 is 1.04 bits per heavy atom. The van der Waals surface area contributed by atoms with Gasteiger partial charge in [0.05, 0.1) is 6.04 Å². The number of thiocarbonyl (C=S) groups is 1. The summed E-state index contributed by atoms with van der Waals surface area (Å²) in [7, 11) is 0. The molecule has 132 valence electrons. The molecule has 0 amide bonds. The number of hydrogen-bond acceptors (Lipinski definition) is 1. The number of rotatable bonds is 2. The van der Waals surface area contributed by atoms with E-state index in [2.05, 4.69) is 14.8 Å². The lowest BCUT2D eigenvalue weighted by Gasteiger charge is -2.39. The smallest absolute Gasteiger partial charge is 0.174 e. The number of nitrogens with one attached hydrogen (secondary N) is 1. The molecule has 3 nitrogen and oxygen atoms in total. The van der Waals surface area contributed by atoms with Crippen LogP contribution in [0.2, 0.25) is 0 Å². The zero-order valence-electron chi connectivity index (χ0n) is 14.5. The Morgan fingerprint density at radius 2 is 1.81 bits per heavy atom. The average molecular weight is 365 g/mol. The lowest BCUT2D eigenvalue weighted by Crippen LogP contribution is -2.44. The molecule has 1 atom stereocenters. The minimum Gasteiger partial charge on any atom is -0.348 e. The first-order chi connectivity index (χ1) is 12.6. The van der Waals surface area contributed by atoms with Crippen molar-refractivity contribution in [3.63, 3.8) is 0 Å². The van der Waals surface area contributed by atoms with E-state index in [0.717, 1.165) is 30.0 Å². The first-order valence-corrected chi connectivity index (χ1v) is 9.08. The molecule has 2 heterocycles. The second-order valence-corrected chi connectivity index (χ2v) is 6.88. The van der Waals surface area contributed by atoms with Crippen molar-refractivity contribution >= 4 is 23.0 Å². The second kappa shape index (κ2) is 6.92. The van der Waals surface area contributed by atoms with Gasteiger partial charge in [0.2, 0.25) is 0 Å². The number of nitrogens with zero attached hydrogens (tertiary/aromatic N) is 2. The summed E-state index contributed by atoms with van der Waals surface area (Å²) in [5, 5.41) is 3.96. The molecular formula is C21H20FN3S. The fourth-order valence-electron chi connectivity index (χ4n) is 3.53. The van der Waals surface area contributed by atoms with Gasteiger partial charge in [0.25, 0.3) is 0 Å². The van der Waals surface area contributed by atoms with Crippen LogP contribution in [0.3, 0.4) is 0 Å². The van der Waals surface area contributed by atoms with Gasteiger partial charge in [-0.2, -0.15) is 0 Å². The van der Waals surface area contributed by atoms with Crippen LogP contribution in [0.4, 0.5) is 10.1 Å². The normalized spacial score (nSPS) is 16.2. The van der Waals surface area contributed by atoms with Crippen molar-refractivity contribution in [2.75, 3.05) is 11.9 Å². The van der Waals surface area contributed by atoms with E-state index in [1.54, 1.807) is 6.07 Å². The van der Waals surface area contributed by atoms with Gasteiger partial charge in [0.15, 0.2) is 5.11 Å². The van der Waals surface area contributed by atoms with Crippen LogP contribution in [-0.4, -0.2) is 21.1 Å². The Hall–Kier alpha value is -2.66. The predicted octanol–water partition coefficient (Wildman–Crippen LogP) is 4.74. The molecule has 0 bridgehead atoms. The van der Waals surface area contributed by atoms with Crippen molar-refractivity contribution in [1.82, 2.24) is 9.47 Å². The zero-order chi connectivity index (χ0) is 18.1. The van der Waals surface area contributed by atoms with E-state index in [4.69, 9.17) is 12.2 Å². The third-order valence-corrected chi connectivity index (χ3v) is 5.22. The molecule has 0 saturated heterocycles. The largest absolute Gasteiger partial charge is 0.348 e. The van der Waals surface area contributed by atoms with E-state index in [1.165, 1.54) is 6.07 Å². The quantitative estimate of drug-likeness (QED) is 0.663. The van der Waals surface area contributed by atoms with Crippen LogP contribution in [0.5, 0.6) is 0 Å². The van der Waals surface area contributed by atoms with Crippen molar-refractivity contribution in [1.29, 1.82) is 0 Å².